The second kappa shape index (κ2) is 7.01. The van der Waals surface area contributed by atoms with E-state index in [1.54, 1.807) is 19.2 Å². The highest BCUT2D eigenvalue weighted by atomic mass is 32.1. The van der Waals surface area contributed by atoms with Crippen molar-refractivity contribution in [3.8, 4) is 27.8 Å². The van der Waals surface area contributed by atoms with E-state index in [0.717, 1.165) is 11.3 Å². The molecule has 1 atom stereocenters. The van der Waals surface area contributed by atoms with E-state index in [1.807, 2.05) is 36.4 Å². The molecule has 1 amide bonds. The van der Waals surface area contributed by atoms with Gasteiger partial charge >= 0.3 is 0 Å². The summed E-state index contributed by atoms with van der Waals surface area (Å²) in [5.41, 5.74) is 0.898. The van der Waals surface area contributed by atoms with Crippen LogP contribution in [0.15, 0.2) is 48.5 Å². The fraction of sp³-hybridized carbons (Fsp3) is 0.167. The average molecular weight is 369 g/mol. The summed E-state index contributed by atoms with van der Waals surface area (Å²) >= 11 is 1.29. The molecule has 0 saturated heterocycles. The molecule has 0 fully saturated rings. The molecule has 3 aromatic rings. The fourth-order valence-corrected chi connectivity index (χ4v) is 3.21. The smallest absolute Gasteiger partial charge is 0.270 e. The molecule has 26 heavy (non-hydrogen) atoms. The lowest BCUT2D eigenvalue weighted by Gasteiger charge is -2.25. The van der Waals surface area contributed by atoms with E-state index in [4.69, 9.17) is 14.2 Å². The lowest BCUT2D eigenvalue weighted by molar-refractivity contribution is -0.125. The van der Waals surface area contributed by atoms with Crippen LogP contribution in [0.5, 0.6) is 17.2 Å². The summed E-state index contributed by atoms with van der Waals surface area (Å²) in [4.78, 5) is 12.4. The number of nitrogens with zero attached hydrogens (tertiary/aromatic N) is 2. The zero-order valence-corrected chi connectivity index (χ0v) is 14.7. The highest BCUT2D eigenvalue weighted by molar-refractivity contribution is 7.18. The predicted octanol–water partition coefficient (Wildman–Crippen LogP) is 2.99. The number of carbonyl (C=O) groups is 1. The van der Waals surface area contributed by atoms with Gasteiger partial charge in [0.1, 0.15) is 17.4 Å². The maximum atomic E-state index is 12.4. The van der Waals surface area contributed by atoms with Gasteiger partial charge in [-0.15, -0.1) is 10.2 Å². The number of hydrogen-bond acceptors (Lipinski definition) is 7. The van der Waals surface area contributed by atoms with E-state index in [1.165, 1.54) is 11.3 Å². The van der Waals surface area contributed by atoms with Crippen molar-refractivity contribution in [2.45, 2.75) is 6.10 Å². The van der Waals surface area contributed by atoms with Gasteiger partial charge in [0.25, 0.3) is 5.91 Å². The van der Waals surface area contributed by atoms with Gasteiger partial charge in [0, 0.05) is 5.56 Å². The van der Waals surface area contributed by atoms with Crippen LogP contribution in [0.2, 0.25) is 0 Å². The molecule has 4 rings (SSSR count). The van der Waals surface area contributed by atoms with Crippen LogP contribution in [0.25, 0.3) is 10.6 Å². The van der Waals surface area contributed by atoms with Gasteiger partial charge in [0.2, 0.25) is 11.2 Å². The van der Waals surface area contributed by atoms with Crippen LogP contribution in [0.4, 0.5) is 5.13 Å². The minimum Gasteiger partial charge on any atom is -0.497 e. The third-order valence-corrected chi connectivity index (χ3v) is 4.68. The van der Waals surface area contributed by atoms with Crippen molar-refractivity contribution in [1.82, 2.24) is 10.2 Å². The van der Waals surface area contributed by atoms with Crippen molar-refractivity contribution in [1.29, 1.82) is 0 Å². The van der Waals surface area contributed by atoms with Crippen molar-refractivity contribution in [3.05, 3.63) is 48.5 Å². The number of rotatable bonds is 4. The number of fused-ring (bicyclic) bond motifs is 1. The summed E-state index contributed by atoms with van der Waals surface area (Å²) < 4.78 is 16.4. The van der Waals surface area contributed by atoms with Crippen LogP contribution in [0.1, 0.15) is 0 Å². The molecular formula is C18H15N3O4S. The second-order valence-corrected chi connectivity index (χ2v) is 6.47. The lowest BCUT2D eigenvalue weighted by Crippen LogP contribution is -2.40. The van der Waals surface area contributed by atoms with Gasteiger partial charge in [0.15, 0.2) is 11.5 Å². The molecule has 0 bridgehead atoms. The first-order valence-corrected chi connectivity index (χ1v) is 8.72. The first-order valence-electron chi connectivity index (χ1n) is 7.90. The van der Waals surface area contributed by atoms with Crippen LogP contribution in [-0.4, -0.2) is 35.9 Å². The van der Waals surface area contributed by atoms with Crippen molar-refractivity contribution < 1.29 is 19.0 Å². The van der Waals surface area contributed by atoms with E-state index in [0.29, 0.717) is 21.6 Å². The van der Waals surface area contributed by atoms with Crippen LogP contribution in [-0.2, 0) is 4.79 Å². The van der Waals surface area contributed by atoms with E-state index in [-0.39, 0.29) is 12.5 Å². The molecule has 1 aliphatic rings. The number of para-hydroxylation sites is 2. The summed E-state index contributed by atoms with van der Waals surface area (Å²) in [7, 11) is 1.61. The molecule has 2 aromatic carbocycles. The largest absolute Gasteiger partial charge is 0.497 e. The van der Waals surface area contributed by atoms with Crippen LogP contribution >= 0.6 is 11.3 Å². The Labute approximate surface area is 153 Å². The van der Waals surface area contributed by atoms with Crippen molar-refractivity contribution in [2.75, 3.05) is 19.0 Å². The third-order valence-electron chi connectivity index (χ3n) is 3.79. The summed E-state index contributed by atoms with van der Waals surface area (Å²) in [5.74, 6) is 1.63. The molecular weight excluding hydrogens is 354 g/mol. The topological polar surface area (TPSA) is 82.6 Å². The zero-order chi connectivity index (χ0) is 17.9. The molecule has 1 unspecified atom stereocenters. The molecule has 1 N–H and O–H groups in total. The third kappa shape index (κ3) is 3.31. The van der Waals surface area contributed by atoms with Crippen LogP contribution in [0.3, 0.4) is 0 Å². The molecule has 132 valence electrons. The Morgan fingerprint density at radius 1 is 1.15 bits per heavy atom. The molecule has 0 spiro atoms. The molecule has 2 heterocycles. The number of methoxy groups -OCH3 is 1. The van der Waals surface area contributed by atoms with Gasteiger partial charge in [0.05, 0.1) is 7.11 Å². The van der Waals surface area contributed by atoms with Crippen molar-refractivity contribution in [2.24, 2.45) is 0 Å². The normalized spacial score (nSPS) is 15.3. The number of amides is 1. The van der Waals surface area contributed by atoms with E-state index in [9.17, 15) is 4.79 Å². The summed E-state index contributed by atoms with van der Waals surface area (Å²) in [5, 5.41) is 12.0. The van der Waals surface area contributed by atoms with E-state index in [2.05, 4.69) is 15.5 Å². The van der Waals surface area contributed by atoms with Gasteiger partial charge in [-0.3, -0.25) is 10.1 Å². The molecule has 7 nitrogen and oxygen atoms in total. The monoisotopic (exact) mass is 369 g/mol. The Bertz CT molecular complexity index is 926. The number of anilines is 1. The van der Waals surface area contributed by atoms with Gasteiger partial charge in [-0.05, 0) is 36.4 Å². The maximum Gasteiger partial charge on any atom is 0.270 e. The molecule has 0 aliphatic carbocycles. The predicted molar refractivity (Wildman–Crippen MR) is 96.9 cm³/mol. The van der Waals surface area contributed by atoms with Crippen molar-refractivity contribution >= 4 is 22.4 Å². The summed E-state index contributed by atoms with van der Waals surface area (Å²) in [6.45, 7) is 0.146. The SMILES string of the molecule is COc1ccc(-c2nnc(NC(=O)C3COc4ccccc4O3)s2)cc1. The minimum atomic E-state index is -0.738. The standard InChI is InChI=1S/C18H15N3O4S/c1-23-12-8-6-11(7-9-12)17-20-21-18(26-17)19-16(22)15-10-24-13-4-2-3-5-14(13)25-15/h2-9,15H,10H2,1H3,(H,19,21,22). The molecule has 1 aromatic heterocycles. The number of benzene rings is 2. The Morgan fingerprint density at radius 2 is 1.92 bits per heavy atom. The minimum absolute atomic E-state index is 0.146. The fourth-order valence-electron chi connectivity index (χ4n) is 2.46. The van der Waals surface area contributed by atoms with Gasteiger partial charge in [-0.25, -0.2) is 0 Å². The highest BCUT2D eigenvalue weighted by Gasteiger charge is 2.28. The number of aromatic nitrogens is 2. The quantitative estimate of drug-likeness (QED) is 0.761. The lowest BCUT2D eigenvalue weighted by atomic mass is 10.2. The zero-order valence-electron chi connectivity index (χ0n) is 13.8. The molecule has 8 heteroatoms. The summed E-state index contributed by atoms with van der Waals surface area (Å²) in [6.07, 6.45) is -0.738. The van der Waals surface area contributed by atoms with Gasteiger partial charge in [-0.1, -0.05) is 23.5 Å². The first-order chi connectivity index (χ1) is 12.7. The number of hydrogen-bond donors (Lipinski definition) is 1. The Balaban J connectivity index is 1.43. The van der Waals surface area contributed by atoms with Crippen molar-refractivity contribution in [3.63, 3.8) is 0 Å². The van der Waals surface area contributed by atoms with E-state index < -0.39 is 6.10 Å². The van der Waals surface area contributed by atoms with Gasteiger partial charge < -0.3 is 14.2 Å². The number of ether oxygens (including phenoxy) is 3. The maximum absolute atomic E-state index is 12.4. The Hall–Kier alpha value is -3.13. The average Bonchev–Trinajstić information content (AvgIpc) is 3.16. The highest BCUT2D eigenvalue weighted by Crippen LogP contribution is 2.32. The van der Waals surface area contributed by atoms with E-state index >= 15 is 0 Å². The molecule has 0 saturated carbocycles. The Morgan fingerprint density at radius 3 is 2.69 bits per heavy atom. The van der Waals surface area contributed by atoms with Crippen LogP contribution < -0.4 is 19.5 Å². The Kier molecular flexibility index (Phi) is 4.40. The number of carbonyl (C=O) groups excluding carboxylic acids is 1. The molecule has 0 radical (unpaired) electrons. The summed E-state index contributed by atoms with van der Waals surface area (Å²) in [6, 6.07) is 14.7. The van der Waals surface area contributed by atoms with Gasteiger partial charge in [-0.2, -0.15) is 0 Å². The van der Waals surface area contributed by atoms with Crippen LogP contribution in [0, 0.1) is 0 Å². The number of nitrogens with one attached hydrogen (secondary N) is 1. The first kappa shape index (κ1) is 16.3. The molecule has 1 aliphatic heterocycles. The second-order valence-electron chi connectivity index (χ2n) is 5.49.